The Morgan fingerprint density at radius 3 is 2.43 bits per heavy atom. The molecule has 0 unspecified atom stereocenters. The van der Waals surface area contributed by atoms with Gasteiger partial charge >= 0.3 is 11.8 Å². The number of amides is 2. The lowest BCUT2D eigenvalue weighted by molar-refractivity contribution is -0.307. The van der Waals surface area contributed by atoms with E-state index < -0.39 is 24.4 Å². The third kappa shape index (κ3) is 6.13. The van der Waals surface area contributed by atoms with Gasteiger partial charge in [-0.15, -0.1) is 0 Å². The Morgan fingerprint density at radius 1 is 1.07 bits per heavy atom. The summed E-state index contributed by atoms with van der Waals surface area (Å²) in [6.45, 7) is 1.29. The van der Waals surface area contributed by atoms with Crippen molar-refractivity contribution in [3.05, 3.63) is 53.6 Å². The van der Waals surface area contributed by atoms with E-state index in [0.29, 0.717) is 11.3 Å². The minimum Gasteiger partial charge on any atom is -0.546 e. The van der Waals surface area contributed by atoms with Crippen LogP contribution in [0.3, 0.4) is 0 Å². The Morgan fingerprint density at radius 2 is 1.79 bits per heavy atom. The Labute approximate surface area is 161 Å². The normalized spacial score (nSPS) is 10.4. The van der Waals surface area contributed by atoms with E-state index in [1.165, 1.54) is 25.5 Å². The van der Waals surface area contributed by atoms with E-state index in [4.69, 9.17) is 9.47 Å². The van der Waals surface area contributed by atoms with Crippen LogP contribution >= 0.6 is 0 Å². The summed E-state index contributed by atoms with van der Waals surface area (Å²) in [5, 5.41) is 16.6. The molecule has 0 aliphatic heterocycles. The highest BCUT2D eigenvalue weighted by molar-refractivity contribution is 6.39. The number of carbonyl (C=O) groups excluding carboxylic acids is 3. The molecular formula is C19H18N3O6-. The summed E-state index contributed by atoms with van der Waals surface area (Å²) in [5.74, 6) is -2.67. The maximum atomic E-state index is 11.8. The molecular weight excluding hydrogens is 366 g/mol. The number of methoxy groups -OCH3 is 1. The number of ether oxygens (including phenoxy) is 2. The van der Waals surface area contributed by atoms with Crippen LogP contribution in [0.15, 0.2) is 47.6 Å². The fraction of sp³-hybridized carbons (Fsp3) is 0.158. The van der Waals surface area contributed by atoms with Gasteiger partial charge in [0.25, 0.3) is 0 Å². The van der Waals surface area contributed by atoms with E-state index in [1.807, 2.05) is 6.92 Å². The van der Waals surface area contributed by atoms with Crippen molar-refractivity contribution in [1.82, 2.24) is 5.43 Å². The lowest BCUT2D eigenvalue weighted by Crippen LogP contribution is -2.32. The van der Waals surface area contributed by atoms with E-state index in [9.17, 15) is 19.5 Å². The third-order valence-corrected chi connectivity index (χ3v) is 3.43. The van der Waals surface area contributed by atoms with Crippen LogP contribution in [0, 0.1) is 6.92 Å². The molecule has 0 bridgehead atoms. The van der Waals surface area contributed by atoms with Crippen molar-refractivity contribution >= 4 is 29.7 Å². The molecule has 0 radical (unpaired) electrons. The van der Waals surface area contributed by atoms with Gasteiger partial charge in [0, 0.05) is 5.69 Å². The van der Waals surface area contributed by atoms with Crippen LogP contribution in [0.2, 0.25) is 0 Å². The number of hydrogen-bond donors (Lipinski definition) is 2. The first-order chi connectivity index (χ1) is 13.4. The van der Waals surface area contributed by atoms with Gasteiger partial charge in [-0.1, -0.05) is 17.7 Å². The van der Waals surface area contributed by atoms with E-state index >= 15 is 0 Å². The van der Waals surface area contributed by atoms with Crippen LogP contribution in [-0.4, -0.2) is 37.7 Å². The highest BCUT2D eigenvalue weighted by Gasteiger charge is 2.12. The molecule has 2 aromatic carbocycles. The maximum Gasteiger partial charge on any atom is 0.329 e. The number of carboxylic acid groups (broad SMARTS) is 1. The number of benzene rings is 2. The molecule has 2 aromatic rings. The molecule has 2 rings (SSSR count). The average molecular weight is 384 g/mol. The summed E-state index contributed by atoms with van der Waals surface area (Å²) < 4.78 is 10.1. The number of carbonyl (C=O) groups is 3. The first-order valence-electron chi connectivity index (χ1n) is 8.11. The van der Waals surface area contributed by atoms with Crippen molar-refractivity contribution in [2.24, 2.45) is 5.10 Å². The molecule has 0 spiro atoms. The van der Waals surface area contributed by atoms with Crippen molar-refractivity contribution in [2.75, 3.05) is 19.0 Å². The SMILES string of the molecule is COc1cc(/C=N\NC(=O)C(=O)Nc2ccc(C)cc2)ccc1OCC(=O)[O-]. The number of carboxylic acids is 1. The summed E-state index contributed by atoms with van der Waals surface area (Å²) in [6.07, 6.45) is 1.29. The lowest BCUT2D eigenvalue weighted by Gasteiger charge is -2.11. The average Bonchev–Trinajstić information content (AvgIpc) is 2.68. The van der Waals surface area contributed by atoms with Gasteiger partial charge in [-0.3, -0.25) is 9.59 Å². The fourth-order valence-corrected chi connectivity index (χ4v) is 2.06. The minimum atomic E-state index is -1.36. The predicted octanol–water partition coefficient (Wildman–Crippen LogP) is 0.221. The second-order valence-corrected chi connectivity index (χ2v) is 5.59. The second kappa shape index (κ2) is 9.72. The Kier molecular flexibility index (Phi) is 7.09. The molecule has 28 heavy (non-hydrogen) atoms. The number of hydrogen-bond acceptors (Lipinski definition) is 7. The third-order valence-electron chi connectivity index (χ3n) is 3.43. The smallest absolute Gasteiger partial charge is 0.329 e. The zero-order valence-corrected chi connectivity index (χ0v) is 15.2. The molecule has 0 atom stereocenters. The van der Waals surface area contributed by atoms with Gasteiger partial charge in [-0.05, 0) is 42.8 Å². The quantitative estimate of drug-likeness (QED) is 0.399. The molecule has 2 N–H and O–H groups in total. The van der Waals surface area contributed by atoms with Gasteiger partial charge in [0.2, 0.25) is 0 Å². The molecule has 0 heterocycles. The first-order valence-corrected chi connectivity index (χ1v) is 8.11. The van der Waals surface area contributed by atoms with Gasteiger partial charge in [-0.2, -0.15) is 5.10 Å². The fourth-order valence-electron chi connectivity index (χ4n) is 2.06. The van der Waals surface area contributed by atoms with Gasteiger partial charge < -0.3 is 24.7 Å². The summed E-state index contributed by atoms with van der Waals surface area (Å²) in [5.41, 5.74) is 4.16. The van der Waals surface area contributed by atoms with E-state index in [-0.39, 0.29) is 11.5 Å². The maximum absolute atomic E-state index is 11.8. The molecule has 146 valence electrons. The number of aryl methyl sites for hydroxylation is 1. The molecule has 0 saturated heterocycles. The molecule has 0 aliphatic carbocycles. The molecule has 0 aliphatic rings. The van der Waals surface area contributed by atoms with Gasteiger partial charge in [0.1, 0.15) is 6.61 Å². The van der Waals surface area contributed by atoms with Gasteiger partial charge in [0.05, 0.1) is 19.3 Å². The standard InChI is InChI=1S/C19H19N3O6/c1-12-3-6-14(7-4-12)21-18(25)19(26)22-20-10-13-5-8-15(16(9-13)27-2)28-11-17(23)24/h3-10H,11H2,1-2H3,(H,21,25)(H,22,26)(H,23,24)/p-1/b20-10-. The Hall–Kier alpha value is -3.88. The van der Waals surface area contributed by atoms with Crippen LogP contribution in [0.4, 0.5) is 5.69 Å². The zero-order chi connectivity index (χ0) is 20.5. The summed E-state index contributed by atoms with van der Waals surface area (Å²) in [6, 6.07) is 11.5. The summed E-state index contributed by atoms with van der Waals surface area (Å²) in [4.78, 5) is 34.1. The van der Waals surface area contributed by atoms with Crippen molar-refractivity contribution in [3.8, 4) is 11.5 Å². The highest BCUT2D eigenvalue weighted by Crippen LogP contribution is 2.27. The number of nitrogens with one attached hydrogen (secondary N) is 2. The van der Waals surface area contributed by atoms with Crippen molar-refractivity contribution < 1.29 is 29.0 Å². The molecule has 0 saturated carbocycles. The molecule has 0 aromatic heterocycles. The van der Waals surface area contributed by atoms with Crippen molar-refractivity contribution in [3.63, 3.8) is 0 Å². The van der Waals surface area contributed by atoms with Crippen LogP contribution in [0.1, 0.15) is 11.1 Å². The summed E-state index contributed by atoms with van der Waals surface area (Å²) >= 11 is 0. The monoisotopic (exact) mass is 384 g/mol. The highest BCUT2D eigenvalue weighted by atomic mass is 16.5. The van der Waals surface area contributed by atoms with E-state index in [0.717, 1.165) is 5.56 Å². The number of rotatable bonds is 7. The summed E-state index contributed by atoms with van der Waals surface area (Å²) in [7, 11) is 1.39. The lowest BCUT2D eigenvalue weighted by atomic mass is 10.2. The topological polar surface area (TPSA) is 129 Å². The number of aliphatic carboxylic acids is 1. The number of hydrazone groups is 1. The van der Waals surface area contributed by atoms with Gasteiger partial charge in [0.15, 0.2) is 11.5 Å². The number of anilines is 1. The van der Waals surface area contributed by atoms with Crippen molar-refractivity contribution in [1.29, 1.82) is 0 Å². The van der Waals surface area contributed by atoms with Gasteiger partial charge in [-0.25, -0.2) is 5.43 Å². The Balaban J connectivity index is 1.93. The van der Waals surface area contributed by atoms with Crippen molar-refractivity contribution in [2.45, 2.75) is 6.92 Å². The molecule has 9 heteroatoms. The predicted molar refractivity (Wildman–Crippen MR) is 99.0 cm³/mol. The number of nitrogens with zero attached hydrogens (tertiary/aromatic N) is 1. The molecule has 0 fully saturated rings. The van der Waals surface area contributed by atoms with Crippen LogP contribution in [0.25, 0.3) is 0 Å². The van der Waals surface area contributed by atoms with Crippen LogP contribution in [-0.2, 0) is 14.4 Å². The zero-order valence-electron chi connectivity index (χ0n) is 15.2. The van der Waals surface area contributed by atoms with Crippen LogP contribution in [0.5, 0.6) is 11.5 Å². The second-order valence-electron chi connectivity index (χ2n) is 5.59. The first kappa shape index (κ1) is 20.4. The van der Waals surface area contributed by atoms with E-state index in [2.05, 4.69) is 15.8 Å². The van der Waals surface area contributed by atoms with Crippen LogP contribution < -0.4 is 25.3 Å². The Bertz CT molecular complexity index is 893. The minimum absolute atomic E-state index is 0.213. The largest absolute Gasteiger partial charge is 0.546 e. The molecule has 2 amide bonds. The van der Waals surface area contributed by atoms with E-state index in [1.54, 1.807) is 30.3 Å². The molecule has 9 nitrogen and oxygen atoms in total.